The molecule has 2 aliphatic rings. The second kappa shape index (κ2) is 12.0. The third kappa shape index (κ3) is 6.96. The van der Waals surface area contributed by atoms with Gasteiger partial charge in [-0.3, -0.25) is 13.8 Å². The van der Waals surface area contributed by atoms with Crippen LogP contribution in [0.5, 0.6) is 0 Å². The highest BCUT2D eigenvalue weighted by Crippen LogP contribution is 2.45. The van der Waals surface area contributed by atoms with Gasteiger partial charge in [-0.25, -0.2) is 4.31 Å². The number of aliphatic carboxylic acids is 1. The summed E-state index contributed by atoms with van der Waals surface area (Å²) in [5, 5.41) is 13.8. The van der Waals surface area contributed by atoms with Crippen molar-refractivity contribution in [3.8, 4) is 0 Å². The smallest absolute Gasteiger partial charge is 0.304 e. The third-order valence-electron chi connectivity index (χ3n) is 7.91. The molecule has 10 heteroatoms. The molecule has 38 heavy (non-hydrogen) atoms. The highest BCUT2D eigenvalue weighted by atomic mass is 35.5. The molecule has 1 aliphatic heterocycles. The Labute approximate surface area is 236 Å². The number of benzene rings is 2. The standard InChI is InChI=1S/C28H34Cl2N2O5S/c1-17(12-24(19-8-10-21(29)11-9-19)32(38(36)37)16-18-6-7-18)26-23(20-4-3-5-22(30)13-20)14-28(2,15-25(33)34)27(35)31-26/h3-5,8-11,13,17-18,23-24,26H,6-7,12,14-16H2,1-2H3,(H,31,35)(H,33,34)(H,36,37)/p-1. The number of nitrogens with one attached hydrogen (secondary N) is 1. The Morgan fingerprint density at radius 1 is 1.21 bits per heavy atom. The third-order valence-corrected chi connectivity index (χ3v) is 9.18. The van der Waals surface area contributed by atoms with Crippen molar-refractivity contribution in [2.75, 3.05) is 6.54 Å². The maximum Gasteiger partial charge on any atom is 0.304 e. The van der Waals surface area contributed by atoms with Crippen molar-refractivity contribution < 1.29 is 23.5 Å². The lowest BCUT2D eigenvalue weighted by Gasteiger charge is -2.45. The van der Waals surface area contributed by atoms with Crippen LogP contribution in [0.1, 0.15) is 69.0 Å². The van der Waals surface area contributed by atoms with Crippen LogP contribution in [0, 0.1) is 17.3 Å². The first-order valence-electron chi connectivity index (χ1n) is 12.9. The molecule has 0 bridgehead atoms. The molecule has 4 rings (SSSR count). The summed E-state index contributed by atoms with van der Waals surface area (Å²) in [5.74, 6) is -1.34. The summed E-state index contributed by atoms with van der Waals surface area (Å²) in [6.07, 6.45) is 2.53. The van der Waals surface area contributed by atoms with E-state index in [9.17, 15) is 23.5 Å². The van der Waals surface area contributed by atoms with Crippen LogP contribution in [-0.4, -0.2) is 42.6 Å². The largest absolute Gasteiger partial charge is 0.760 e. The van der Waals surface area contributed by atoms with Gasteiger partial charge in [0.2, 0.25) is 5.91 Å². The molecule has 1 heterocycles. The van der Waals surface area contributed by atoms with Crippen molar-refractivity contribution in [1.29, 1.82) is 0 Å². The lowest BCUT2D eigenvalue weighted by atomic mass is 9.67. The fourth-order valence-electron chi connectivity index (χ4n) is 5.67. The molecular formula is C28H33Cl2N2O5S-. The quantitative estimate of drug-likeness (QED) is 0.331. The number of rotatable bonds is 11. The van der Waals surface area contributed by atoms with Crippen molar-refractivity contribution in [1.82, 2.24) is 9.62 Å². The number of nitrogens with zero attached hydrogens (tertiary/aromatic N) is 1. The zero-order chi connectivity index (χ0) is 27.6. The molecule has 206 valence electrons. The topological polar surface area (TPSA) is 110 Å². The van der Waals surface area contributed by atoms with Gasteiger partial charge in [0.15, 0.2) is 0 Å². The lowest BCUT2D eigenvalue weighted by molar-refractivity contribution is -0.147. The number of piperidine rings is 1. The minimum absolute atomic E-state index is 0.150. The van der Waals surface area contributed by atoms with Crippen LogP contribution in [0.25, 0.3) is 0 Å². The number of hydrogen-bond acceptors (Lipinski definition) is 4. The Morgan fingerprint density at radius 2 is 1.89 bits per heavy atom. The summed E-state index contributed by atoms with van der Waals surface area (Å²) in [7, 11) is 0. The van der Waals surface area contributed by atoms with E-state index in [0.29, 0.717) is 35.3 Å². The molecule has 0 radical (unpaired) electrons. The Hall–Kier alpha value is -1.97. The molecule has 2 aromatic rings. The normalized spacial score (nSPS) is 26.0. The summed E-state index contributed by atoms with van der Waals surface area (Å²) < 4.78 is 26.4. The van der Waals surface area contributed by atoms with Gasteiger partial charge in [0, 0.05) is 45.9 Å². The van der Waals surface area contributed by atoms with Gasteiger partial charge in [0.1, 0.15) is 0 Å². The fraction of sp³-hybridized carbons (Fsp3) is 0.500. The number of carboxylic acids is 1. The molecule has 0 spiro atoms. The second-order valence-corrected chi connectivity index (χ2v) is 12.8. The van der Waals surface area contributed by atoms with Gasteiger partial charge in [-0.15, -0.1) is 0 Å². The summed E-state index contributed by atoms with van der Waals surface area (Å²) in [4.78, 5) is 24.9. The monoisotopic (exact) mass is 579 g/mol. The number of carbonyl (C=O) groups excluding carboxylic acids is 1. The molecule has 1 aliphatic carbocycles. The number of amides is 1. The molecule has 0 aromatic heterocycles. The summed E-state index contributed by atoms with van der Waals surface area (Å²) >= 11 is 10.0. The SMILES string of the molecule is CC(CC(c1ccc(Cl)cc1)N(CC1CC1)S(=O)[O-])C1NC(=O)C(C)(CC(=O)O)CC1c1cccc(Cl)c1. The maximum atomic E-state index is 13.3. The Morgan fingerprint density at radius 3 is 2.47 bits per heavy atom. The Balaban J connectivity index is 1.67. The molecule has 1 saturated heterocycles. The van der Waals surface area contributed by atoms with Gasteiger partial charge in [0.25, 0.3) is 0 Å². The molecular weight excluding hydrogens is 547 g/mol. The van der Waals surface area contributed by atoms with E-state index in [1.165, 1.54) is 4.31 Å². The molecule has 6 unspecified atom stereocenters. The predicted molar refractivity (Wildman–Crippen MR) is 147 cm³/mol. The van der Waals surface area contributed by atoms with E-state index in [1.54, 1.807) is 25.1 Å². The fourth-order valence-corrected chi connectivity index (χ4v) is 6.74. The average molecular weight is 581 g/mol. The van der Waals surface area contributed by atoms with Gasteiger partial charge in [-0.1, -0.05) is 61.3 Å². The van der Waals surface area contributed by atoms with Gasteiger partial charge < -0.3 is 15.0 Å². The van der Waals surface area contributed by atoms with E-state index in [0.717, 1.165) is 24.0 Å². The van der Waals surface area contributed by atoms with Crippen molar-refractivity contribution in [3.63, 3.8) is 0 Å². The van der Waals surface area contributed by atoms with E-state index >= 15 is 0 Å². The zero-order valence-corrected chi connectivity index (χ0v) is 23.8. The first kappa shape index (κ1) is 29.0. The molecule has 1 saturated carbocycles. The van der Waals surface area contributed by atoms with Crippen LogP contribution in [0.3, 0.4) is 0 Å². The highest BCUT2D eigenvalue weighted by molar-refractivity contribution is 7.76. The van der Waals surface area contributed by atoms with Crippen LogP contribution in [0.2, 0.25) is 10.0 Å². The Kier molecular flexibility index (Phi) is 9.20. The number of carboxylic acid groups (broad SMARTS) is 1. The minimum Gasteiger partial charge on any atom is -0.760 e. The lowest BCUT2D eigenvalue weighted by Crippen LogP contribution is -2.56. The van der Waals surface area contributed by atoms with Gasteiger partial charge in [-0.2, -0.15) is 0 Å². The molecule has 2 aromatic carbocycles. The average Bonchev–Trinajstić information content (AvgIpc) is 3.67. The summed E-state index contributed by atoms with van der Waals surface area (Å²) in [6.45, 7) is 4.14. The summed E-state index contributed by atoms with van der Waals surface area (Å²) in [5.41, 5.74) is 0.665. The van der Waals surface area contributed by atoms with E-state index < -0.39 is 28.7 Å². The van der Waals surface area contributed by atoms with E-state index in [1.807, 2.05) is 37.3 Å². The zero-order valence-electron chi connectivity index (χ0n) is 21.4. The number of halogens is 2. The minimum atomic E-state index is -2.43. The van der Waals surface area contributed by atoms with Gasteiger partial charge in [-0.05, 0) is 72.9 Å². The van der Waals surface area contributed by atoms with Crippen LogP contribution in [0.15, 0.2) is 48.5 Å². The predicted octanol–water partition coefficient (Wildman–Crippen LogP) is 5.72. The van der Waals surface area contributed by atoms with Crippen LogP contribution >= 0.6 is 23.2 Å². The van der Waals surface area contributed by atoms with Crippen LogP contribution in [0.4, 0.5) is 0 Å². The first-order chi connectivity index (χ1) is 18.0. The van der Waals surface area contributed by atoms with Crippen molar-refractivity contribution in [3.05, 3.63) is 69.7 Å². The number of carbonyl (C=O) groups is 2. The molecule has 6 atom stereocenters. The van der Waals surface area contributed by atoms with Crippen LogP contribution < -0.4 is 5.32 Å². The molecule has 2 fully saturated rings. The maximum absolute atomic E-state index is 13.3. The summed E-state index contributed by atoms with van der Waals surface area (Å²) in [6, 6.07) is 13.8. The van der Waals surface area contributed by atoms with Crippen molar-refractivity contribution in [2.24, 2.45) is 17.3 Å². The van der Waals surface area contributed by atoms with E-state index in [-0.39, 0.29) is 30.2 Å². The molecule has 1 amide bonds. The van der Waals surface area contributed by atoms with E-state index in [4.69, 9.17) is 23.2 Å². The Bertz CT molecular complexity index is 1190. The van der Waals surface area contributed by atoms with Crippen LogP contribution in [-0.2, 0) is 20.9 Å². The second-order valence-electron chi connectivity index (χ2n) is 11.0. The van der Waals surface area contributed by atoms with Crippen molar-refractivity contribution in [2.45, 2.75) is 64.0 Å². The van der Waals surface area contributed by atoms with E-state index in [2.05, 4.69) is 5.32 Å². The number of hydrogen-bond donors (Lipinski definition) is 2. The molecule has 2 N–H and O–H groups in total. The van der Waals surface area contributed by atoms with Gasteiger partial charge >= 0.3 is 5.97 Å². The van der Waals surface area contributed by atoms with Gasteiger partial charge in [0.05, 0.1) is 11.8 Å². The molecule has 7 nitrogen and oxygen atoms in total. The first-order valence-corrected chi connectivity index (χ1v) is 14.7. The highest BCUT2D eigenvalue weighted by Gasteiger charge is 2.47. The van der Waals surface area contributed by atoms with Crippen molar-refractivity contribution >= 4 is 46.3 Å².